The number of hydrogen-bond acceptors (Lipinski definition) is 5. The molecule has 1 N–H and O–H groups in total. The number of aromatic amines is 1. The van der Waals surface area contributed by atoms with Gasteiger partial charge in [-0.1, -0.05) is 0 Å². The molecule has 0 aliphatic carbocycles. The van der Waals surface area contributed by atoms with Crippen LogP contribution in [0.4, 0.5) is 4.39 Å². The van der Waals surface area contributed by atoms with Crippen molar-refractivity contribution in [3.05, 3.63) is 59.9 Å². The average molecular weight is 381 g/mol. The maximum atomic E-state index is 13.9. The van der Waals surface area contributed by atoms with Gasteiger partial charge in [-0.3, -0.25) is 14.9 Å². The Bertz CT molecular complexity index is 976. The molecule has 1 saturated heterocycles. The first kappa shape index (κ1) is 18.1. The van der Waals surface area contributed by atoms with E-state index in [1.165, 1.54) is 19.2 Å². The molecule has 1 aliphatic rings. The molecule has 3 aromatic rings. The zero-order valence-corrected chi connectivity index (χ0v) is 15.4. The normalized spacial score (nSPS) is 16.4. The minimum absolute atomic E-state index is 0.130. The van der Waals surface area contributed by atoms with Gasteiger partial charge in [-0.05, 0) is 42.7 Å². The molecule has 28 heavy (non-hydrogen) atoms. The molecule has 1 aliphatic heterocycles. The van der Waals surface area contributed by atoms with Crippen LogP contribution < -0.4 is 4.74 Å². The van der Waals surface area contributed by atoms with Gasteiger partial charge in [-0.15, -0.1) is 0 Å². The van der Waals surface area contributed by atoms with Crippen LogP contribution >= 0.6 is 0 Å². The molecule has 0 saturated carbocycles. The lowest BCUT2D eigenvalue weighted by Gasteiger charge is -2.16. The molecule has 0 radical (unpaired) electrons. The van der Waals surface area contributed by atoms with Crippen LogP contribution in [-0.2, 0) is 6.42 Å². The number of nitrogens with zero attached hydrogens (tertiary/aromatic N) is 4. The molecule has 1 fully saturated rings. The van der Waals surface area contributed by atoms with Crippen molar-refractivity contribution in [2.45, 2.75) is 12.8 Å². The van der Waals surface area contributed by atoms with Crippen LogP contribution in [0.15, 0.2) is 42.7 Å². The van der Waals surface area contributed by atoms with Crippen LogP contribution in [0.2, 0.25) is 0 Å². The van der Waals surface area contributed by atoms with Gasteiger partial charge in [0.25, 0.3) is 5.91 Å². The van der Waals surface area contributed by atoms with Crippen LogP contribution in [-0.4, -0.2) is 51.2 Å². The molecule has 0 spiro atoms. The van der Waals surface area contributed by atoms with Crippen molar-refractivity contribution in [3.63, 3.8) is 0 Å². The lowest BCUT2D eigenvalue weighted by atomic mass is 10.0. The van der Waals surface area contributed by atoms with Crippen LogP contribution in [0.3, 0.4) is 0 Å². The maximum absolute atomic E-state index is 13.9. The van der Waals surface area contributed by atoms with E-state index in [1.807, 2.05) is 12.1 Å². The number of amides is 1. The quantitative estimate of drug-likeness (QED) is 0.735. The van der Waals surface area contributed by atoms with Crippen LogP contribution in [0.25, 0.3) is 11.4 Å². The Morgan fingerprint density at radius 2 is 2.29 bits per heavy atom. The minimum Gasteiger partial charge on any atom is -0.494 e. The first-order valence-corrected chi connectivity index (χ1v) is 9.08. The number of likely N-dealkylation sites (tertiary alicyclic amines) is 1. The van der Waals surface area contributed by atoms with Crippen LogP contribution in [0.1, 0.15) is 22.6 Å². The summed E-state index contributed by atoms with van der Waals surface area (Å²) in [6.45, 7) is 1.25. The number of halogens is 1. The second-order valence-corrected chi connectivity index (χ2v) is 6.81. The van der Waals surface area contributed by atoms with E-state index in [-0.39, 0.29) is 17.6 Å². The Morgan fingerprint density at radius 1 is 1.39 bits per heavy atom. The summed E-state index contributed by atoms with van der Waals surface area (Å²) in [7, 11) is 1.40. The predicted molar refractivity (Wildman–Crippen MR) is 100 cm³/mol. The van der Waals surface area contributed by atoms with Crippen LogP contribution in [0.5, 0.6) is 5.75 Å². The number of H-pyrrole nitrogens is 1. The number of hydrogen-bond donors (Lipinski definition) is 1. The summed E-state index contributed by atoms with van der Waals surface area (Å²) in [5.41, 5.74) is 1.19. The fourth-order valence-corrected chi connectivity index (χ4v) is 3.45. The average Bonchev–Trinajstić information content (AvgIpc) is 3.38. The molecular formula is C20H20FN5O2. The number of rotatable bonds is 5. The SMILES string of the molecule is COc1ccc(C(=O)N2CCC(Cc3nc(-c4cccnc4)n[nH]3)C2)cc1F. The zero-order valence-electron chi connectivity index (χ0n) is 15.4. The number of benzene rings is 1. The van der Waals surface area contributed by atoms with Crippen molar-refractivity contribution in [3.8, 4) is 17.1 Å². The first-order valence-electron chi connectivity index (χ1n) is 9.08. The van der Waals surface area contributed by atoms with Crippen molar-refractivity contribution < 1.29 is 13.9 Å². The molecular weight excluding hydrogens is 361 g/mol. The third kappa shape index (κ3) is 3.71. The molecule has 0 bridgehead atoms. The molecule has 1 amide bonds. The van der Waals surface area contributed by atoms with E-state index in [0.29, 0.717) is 30.9 Å². The Labute approximate surface area is 161 Å². The molecule has 1 aromatic carbocycles. The minimum atomic E-state index is -0.534. The highest BCUT2D eigenvalue weighted by atomic mass is 19.1. The van der Waals surface area contributed by atoms with E-state index in [2.05, 4.69) is 20.2 Å². The largest absolute Gasteiger partial charge is 0.494 e. The summed E-state index contributed by atoms with van der Waals surface area (Å²) >= 11 is 0. The molecule has 1 unspecified atom stereocenters. The van der Waals surface area contributed by atoms with Crippen LogP contribution in [0, 0.1) is 11.7 Å². The van der Waals surface area contributed by atoms with Crippen molar-refractivity contribution in [1.29, 1.82) is 0 Å². The first-order chi connectivity index (χ1) is 13.6. The summed E-state index contributed by atoms with van der Waals surface area (Å²) in [6, 6.07) is 8.04. The summed E-state index contributed by atoms with van der Waals surface area (Å²) in [6.07, 6.45) is 4.99. The number of carbonyl (C=O) groups excluding carboxylic acids is 1. The topological polar surface area (TPSA) is 84.0 Å². The van der Waals surface area contributed by atoms with E-state index in [9.17, 15) is 9.18 Å². The van der Waals surface area contributed by atoms with Gasteiger partial charge in [0.15, 0.2) is 17.4 Å². The van der Waals surface area contributed by atoms with Crippen molar-refractivity contribution >= 4 is 5.91 Å². The fraction of sp³-hybridized carbons (Fsp3) is 0.300. The Balaban J connectivity index is 1.38. The highest BCUT2D eigenvalue weighted by Crippen LogP contribution is 2.24. The summed E-state index contributed by atoms with van der Waals surface area (Å²) < 4.78 is 18.8. The standard InChI is InChI=1S/C20H20FN5O2/c1-28-17-5-4-14(10-16(17)21)20(27)26-8-6-13(12-26)9-18-23-19(25-24-18)15-3-2-7-22-11-15/h2-5,7,10-11,13H,6,8-9,12H2,1H3,(H,23,24,25). The molecule has 144 valence electrons. The monoisotopic (exact) mass is 381 g/mol. The van der Waals surface area contributed by atoms with Gasteiger partial charge in [0.05, 0.1) is 7.11 Å². The van der Waals surface area contributed by atoms with E-state index < -0.39 is 5.82 Å². The lowest BCUT2D eigenvalue weighted by Crippen LogP contribution is -2.29. The second kappa shape index (κ2) is 7.75. The number of pyridine rings is 1. The van der Waals surface area contributed by atoms with Gasteiger partial charge in [-0.25, -0.2) is 9.37 Å². The number of ether oxygens (including phenoxy) is 1. The lowest BCUT2D eigenvalue weighted by molar-refractivity contribution is 0.0786. The number of aromatic nitrogens is 4. The second-order valence-electron chi connectivity index (χ2n) is 6.81. The maximum Gasteiger partial charge on any atom is 0.253 e. The molecule has 8 heteroatoms. The van der Waals surface area contributed by atoms with Gasteiger partial charge in [0.1, 0.15) is 5.82 Å². The highest BCUT2D eigenvalue weighted by molar-refractivity contribution is 5.94. The van der Waals surface area contributed by atoms with E-state index >= 15 is 0 Å². The fourth-order valence-electron chi connectivity index (χ4n) is 3.45. The van der Waals surface area contributed by atoms with Gasteiger partial charge < -0.3 is 9.64 Å². The molecule has 3 heterocycles. The molecule has 4 rings (SSSR count). The summed E-state index contributed by atoms with van der Waals surface area (Å²) in [4.78, 5) is 23.0. The number of methoxy groups -OCH3 is 1. The van der Waals surface area contributed by atoms with E-state index in [4.69, 9.17) is 4.74 Å². The van der Waals surface area contributed by atoms with Gasteiger partial charge in [0, 0.05) is 43.0 Å². The van der Waals surface area contributed by atoms with Gasteiger partial charge >= 0.3 is 0 Å². The number of nitrogens with one attached hydrogen (secondary N) is 1. The Hall–Kier alpha value is -3.29. The summed E-state index contributed by atoms with van der Waals surface area (Å²) in [5.74, 6) is 1.11. The van der Waals surface area contributed by atoms with E-state index in [0.717, 1.165) is 17.8 Å². The molecule has 1 atom stereocenters. The number of carbonyl (C=O) groups is 1. The molecule has 2 aromatic heterocycles. The third-order valence-electron chi connectivity index (χ3n) is 4.91. The molecule has 7 nitrogen and oxygen atoms in total. The highest BCUT2D eigenvalue weighted by Gasteiger charge is 2.28. The van der Waals surface area contributed by atoms with E-state index in [1.54, 1.807) is 23.4 Å². The van der Waals surface area contributed by atoms with Gasteiger partial charge in [0.2, 0.25) is 0 Å². The van der Waals surface area contributed by atoms with Crippen molar-refractivity contribution in [2.75, 3.05) is 20.2 Å². The Kier molecular flexibility index (Phi) is 5.01. The van der Waals surface area contributed by atoms with Gasteiger partial charge in [-0.2, -0.15) is 5.10 Å². The smallest absolute Gasteiger partial charge is 0.253 e. The predicted octanol–water partition coefficient (Wildman–Crippen LogP) is 2.72. The van der Waals surface area contributed by atoms with Crippen molar-refractivity contribution in [2.24, 2.45) is 5.92 Å². The third-order valence-corrected chi connectivity index (χ3v) is 4.91. The Morgan fingerprint density at radius 3 is 3.04 bits per heavy atom. The van der Waals surface area contributed by atoms with Crippen molar-refractivity contribution in [1.82, 2.24) is 25.1 Å². The summed E-state index contributed by atoms with van der Waals surface area (Å²) in [5, 5.41) is 7.22. The zero-order chi connectivity index (χ0) is 19.5.